The molecule has 4 aromatic rings. The van der Waals surface area contributed by atoms with Crippen LogP contribution in [0.2, 0.25) is 0 Å². The Kier molecular flexibility index (Phi) is 9.00. The van der Waals surface area contributed by atoms with Crippen molar-refractivity contribution in [3.63, 3.8) is 0 Å². The zero-order valence-corrected chi connectivity index (χ0v) is 28.5. The van der Waals surface area contributed by atoms with Gasteiger partial charge >= 0.3 is 18.7 Å². The number of aromatic nitrogens is 4. The molecule has 2 aromatic heterocycles. The molecule has 48 heavy (non-hydrogen) atoms. The van der Waals surface area contributed by atoms with Crippen LogP contribution < -0.4 is 0 Å². The van der Waals surface area contributed by atoms with Crippen molar-refractivity contribution in [2.75, 3.05) is 13.6 Å². The first-order valence-electron chi connectivity index (χ1n) is 15.9. The summed E-state index contributed by atoms with van der Waals surface area (Å²) < 4.78 is 48.5. The first kappa shape index (κ1) is 34.7. The molecule has 5 rings (SSSR count). The molecule has 0 aliphatic carbocycles. The van der Waals surface area contributed by atoms with E-state index < -0.39 is 34.5 Å². The van der Waals surface area contributed by atoms with Gasteiger partial charge in [-0.2, -0.15) is 13.2 Å². The van der Waals surface area contributed by atoms with Crippen LogP contribution >= 0.6 is 0 Å². The van der Waals surface area contributed by atoms with Crippen molar-refractivity contribution in [1.29, 1.82) is 0 Å². The Morgan fingerprint density at radius 1 is 0.958 bits per heavy atom. The number of hydrogen-bond acceptors (Lipinski definition) is 5. The molecular formula is C36H42F3N6O3. The second-order valence-electron chi connectivity index (χ2n) is 14.4. The van der Waals surface area contributed by atoms with E-state index in [1.54, 1.807) is 37.5 Å². The number of likely N-dealkylation sites (tertiary alicyclic amines) is 1. The van der Waals surface area contributed by atoms with Crippen LogP contribution in [-0.2, 0) is 21.2 Å². The summed E-state index contributed by atoms with van der Waals surface area (Å²) in [6.45, 7) is 13.4. The van der Waals surface area contributed by atoms with Gasteiger partial charge in [-0.1, -0.05) is 69.3 Å². The first-order valence-corrected chi connectivity index (χ1v) is 15.9. The second kappa shape index (κ2) is 12.4. The van der Waals surface area contributed by atoms with Crippen LogP contribution in [0, 0.1) is 5.41 Å². The molecule has 12 heteroatoms. The molecule has 1 fully saturated rings. The van der Waals surface area contributed by atoms with E-state index >= 15 is 0 Å². The molecule has 0 spiro atoms. The fourth-order valence-corrected chi connectivity index (χ4v) is 6.35. The van der Waals surface area contributed by atoms with Crippen LogP contribution in [0.4, 0.5) is 18.0 Å². The number of rotatable bonds is 7. The third-order valence-corrected chi connectivity index (χ3v) is 9.05. The number of imidazole rings is 2. The number of nitrogens with zero attached hydrogens (tertiary/aromatic N) is 4. The molecule has 1 saturated heterocycles. The van der Waals surface area contributed by atoms with Gasteiger partial charge in [-0.15, -0.1) is 0 Å². The molecule has 2 atom stereocenters. The number of hydrogen-bond donors (Lipinski definition) is 2. The second-order valence-corrected chi connectivity index (χ2v) is 14.4. The standard InChI is InChI=1S/C36H42F3N6O3/c1-22(44(8)32(47)48-34(5,6)7)30-40-20-27(41-30)25-14-10-23(11-15-25)24-12-16-26(17-13-24)28-29(36(37,38)39)43-31(42-28)35(33(2,3)4)18-9-19-45(35)21-46/h10-17,20,22H,9,18-19H2,1-8H3,(H,40,41)(H,42,43)/t22-,35+/m0/s1. The first-order chi connectivity index (χ1) is 22.4. The van der Waals surface area contributed by atoms with Crippen molar-refractivity contribution < 1.29 is 27.5 Å². The predicted octanol–water partition coefficient (Wildman–Crippen LogP) is 8.48. The number of halogens is 3. The van der Waals surface area contributed by atoms with Gasteiger partial charge in [0, 0.05) is 19.2 Å². The molecule has 1 aliphatic rings. The summed E-state index contributed by atoms with van der Waals surface area (Å²) in [5.74, 6) is 0.724. The Hall–Kier alpha value is -4.61. The molecule has 255 valence electrons. The maximum Gasteiger partial charge on any atom is 0.435 e. The SMILES string of the molecule is C[C@@H](c1ncc(-c2ccc(-c3ccc(-c4[nH]c([C@@]5(C(C)(C)C)CCCN5[C]=O)nc4C(F)(F)F)cc3)cc2)[nH]1)N(C)C(=O)OC(C)(C)C. The van der Waals surface area contributed by atoms with Gasteiger partial charge in [-0.25, -0.2) is 14.8 Å². The maximum atomic E-state index is 14.3. The Morgan fingerprint density at radius 2 is 1.52 bits per heavy atom. The van der Waals surface area contributed by atoms with E-state index in [-0.39, 0.29) is 17.6 Å². The number of nitrogens with one attached hydrogen (secondary N) is 2. The van der Waals surface area contributed by atoms with Crippen LogP contribution in [-0.4, -0.2) is 61.4 Å². The van der Waals surface area contributed by atoms with Gasteiger partial charge in [0.25, 0.3) is 0 Å². The summed E-state index contributed by atoms with van der Waals surface area (Å²) >= 11 is 0. The normalized spacial score (nSPS) is 17.8. The number of H-pyrrole nitrogens is 2. The van der Waals surface area contributed by atoms with Crippen LogP contribution in [0.3, 0.4) is 0 Å². The van der Waals surface area contributed by atoms with E-state index in [1.807, 2.05) is 79.1 Å². The summed E-state index contributed by atoms with van der Waals surface area (Å²) in [6.07, 6.45) is -0.381. The van der Waals surface area contributed by atoms with Crippen molar-refractivity contribution in [3.05, 3.63) is 72.1 Å². The minimum absolute atomic E-state index is 0.116. The Morgan fingerprint density at radius 3 is 2.04 bits per heavy atom. The van der Waals surface area contributed by atoms with Crippen LogP contribution in [0.5, 0.6) is 0 Å². The summed E-state index contributed by atoms with van der Waals surface area (Å²) in [6, 6.07) is 14.2. The zero-order chi connectivity index (χ0) is 35.2. The van der Waals surface area contributed by atoms with Gasteiger partial charge in [-0.3, -0.25) is 4.79 Å². The highest BCUT2D eigenvalue weighted by Gasteiger charge is 2.54. The lowest BCUT2D eigenvalue weighted by Crippen LogP contribution is -2.51. The Labute approximate surface area is 278 Å². The number of ether oxygens (including phenoxy) is 1. The molecule has 2 amide bonds. The summed E-state index contributed by atoms with van der Waals surface area (Å²) in [5.41, 5.74) is 0.274. The Bertz CT molecular complexity index is 1760. The van der Waals surface area contributed by atoms with E-state index in [0.717, 1.165) is 22.4 Å². The lowest BCUT2D eigenvalue weighted by Gasteiger charge is -2.44. The smallest absolute Gasteiger partial charge is 0.435 e. The number of alkyl halides is 3. The zero-order valence-electron chi connectivity index (χ0n) is 28.5. The number of carbonyl (C=O) groups is 1. The molecule has 9 nitrogen and oxygen atoms in total. The van der Waals surface area contributed by atoms with Crippen molar-refractivity contribution in [2.45, 2.75) is 84.7 Å². The molecule has 1 radical (unpaired) electrons. The third kappa shape index (κ3) is 6.57. The average molecular weight is 664 g/mol. The van der Waals surface area contributed by atoms with E-state index in [4.69, 9.17) is 4.74 Å². The Balaban J connectivity index is 1.38. The van der Waals surface area contributed by atoms with Crippen LogP contribution in [0.1, 0.15) is 84.7 Å². The summed E-state index contributed by atoms with van der Waals surface area (Å²) in [4.78, 5) is 42.2. The van der Waals surface area contributed by atoms with Gasteiger partial charge in [0.2, 0.25) is 0 Å². The molecule has 0 saturated carbocycles. The number of amides is 2. The van der Waals surface area contributed by atoms with Gasteiger partial charge in [0.15, 0.2) is 5.69 Å². The fraction of sp³-hybridized carbons (Fsp3) is 0.444. The number of carbonyl (C=O) groups excluding carboxylic acids is 2. The van der Waals surface area contributed by atoms with Crippen molar-refractivity contribution in [1.82, 2.24) is 29.7 Å². The van der Waals surface area contributed by atoms with Gasteiger partial charge in [0.1, 0.15) is 22.8 Å². The van der Waals surface area contributed by atoms with Crippen LogP contribution in [0.15, 0.2) is 54.7 Å². The monoisotopic (exact) mass is 663 g/mol. The minimum atomic E-state index is -4.71. The van der Waals surface area contributed by atoms with Gasteiger partial charge in [0.05, 0.1) is 23.6 Å². The molecule has 0 bridgehead atoms. The van der Waals surface area contributed by atoms with Gasteiger partial charge < -0.3 is 24.5 Å². The largest absolute Gasteiger partial charge is 0.444 e. The van der Waals surface area contributed by atoms with Crippen LogP contribution in [0.25, 0.3) is 33.6 Å². The quantitative estimate of drug-likeness (QED) is 0.206. The highest BCUT2D eigenvalue weighted by Crippen LogP contribution is 2.51. The molecule has 1 aliphatic heterocycles. The lowest BCUT2D eigenvalue weighted by molar-refractivity contribution is -0.140. The molecule has 3 heterocycles. The molecule has 2 aromatic carbocycles. The van der Waals surface area contributed by atoms with Gasteiger partial charge in [-0.05, 0) is 62.6 Å². The average Bonchev–Trinajstić information content (AvgIpc) is 3.78. The molecular weight excluding hydrogens is 621 g/mol. The number of benzene rings is 2. The van der Waals surface area contributed by atoms with E-state index in [1.165, 1.54) is 9.80 Å². The summed E-state index contributed by atoms with van der Waals surface area (Å²) in [7, 11) is 1.66. The number of aromatic amines is 2. The molecule has 2 N–H and O–H groups in total. The van der Waals surface area contributed by atoms with E-state index in [2.05, 4.69) is 19.9 Å². The van der Waals surface area contributed by atoms with Crippen molar-refractivity contribution in [2.24, 2.45) is 5.41 Å². The fourth-order valence-electron chi connectivity index (χ4n) is 6.35. The van der Waals surface area contributed by atoms with Crippen molar-refractivity contribution in [3.8, 4) is 33.6 Å². The summed E-state index contributed by atoms with van der Waals surface area (Å²) in [5, 5.41) is 0. The van der Waals surface area contributed by atoms with Crippen molar-refractivity contribution >= 4 is 12.5 Å². The topological polar surface area (TPSA) is 107 Å². The van der Waals surface area contributed by atoms with E-state index in [0.29, 0.717) is 30.8 Å². The lowest BCUT2D eigenvalue weighted by atomic mass is 9.71. The highest BCUT2D eigenvalue weighted by molar-refractivity contribution is 5.73. The highest BCUT2D eigenvalue weighted by atomic mass is 19.4. The third-order valence-electron chi connectivity index (χ3n) is 9.05. The predicted molar refractivity (Wildman–Crippen MR) is 177 cm³/mol. The van der Waals surface area contributed by atoms with E-state index in [9.17, 15) is 22.8 Å². The minimum Gasteiger partial charge on any atom is -0.444 e. The maximum absolute atomic E-state index is 14.3. The molecule has 0 unspecified atom stereocenters.